The van der Waals surface area contributed by atoms with Crippen molar-refractivity contribution in [2.24, 2.45) is 5.41 Å². The molecule has 0 aliphatic rings. The van der Waals surface area contributed by atoms with Gasteiger partial charge in [0.2, 0.25) is 10.0 Å². The molecular formula is C15H23NO4S. The fourth-order valence-electron chi connectivity index (χ4n) is 1.71. The molecule has 118 valence electrons. The monoisotopic (exact) mass is 313 g/mol. The van der Waals surface area contributed by atoms with Crippen LogP contribution in [-0.4, -0.2) is 25.2 Å². The minimum Gasteiger partial charge on any atom is -0.481 e. The van der Waals surface area contributed by atoms with E-state index in [0.717, 1.165) is 5.56 Å². The summed E-state index contributed by atoms with van der Waals surface area (Å²) in [6.45, 7) is 5.99. The first-order valence-electron chi connectivity index (χ1n) is 6.89. The van der Waals surface area contributed by atoms with Gasteiger partial charge in [0.1, 0.15) is 0 Å². The molecule has 21 heavy (non-hydrogen) atoms. The molecule has 0 unspecified atom stereocenters. The van der Waals surface area contributed by atoms with Gasteiger partial charge in [-0.25, -0.2) is 8.42 Å². The van der Waals surface area contributed by atoms with Crippen molar-refractivity contribution in [2.45, 2.75) is 40.0 Å². The Labute approximate surface area is 126 Å². The minimum atomic E-state index is -3.38. The van der Waals surface area contributed by atoms with Crippen molar-refractivity contribution in [3.05, 3.63) is 29.8 Å². The maximum Gasteiger partial charge on any atom is 0.303 e. The SMILES string of the molecule is CC(C)(C)CCS(=O)(=O)Nc1cccc(CCC(=O)O)c1. The van der Waals surface area contributed by atoms with E-state index in [1.165, 1.54) is 0 Å². The lowest BCUT2D eigenvalue weighted by Crippen LogP contribution is -2.21. The van der Waals surface area contributed by atoms with E-state index in [1.807, 2.05) is 20.8 Å². The van der Waals surface area contributed by atoms with Crippen LogP contribution in [0.1, 0.15) is 39.2 Å². The van der Waals surface area contributed by atoms with Gasteiger partial charge >= 0.3 is 5.97 Å². The van der Waals surface area contributed by atoms with Crippen molar-refractivity contribution >= 4 is 21.7 Å². The number of hydrogen-bond acceptors (Lipinski definition) is 3. The van der Waals surface area contributed by atoms with Gasteiger partial charge in [0.25, 0.3) is 0 Å². The smallest absolute Gasteiger partial charge is 0.303 e. The summed E-state index contributed by atoms with van der Waals surface area (Å²) in [6, 6.07) is 6.85. The number of aliphatic carboxylic acids is 1. The van der Waals surface area contributed by atoms with E-state index in [2.05, 4.69) is 4.72 Å². The first-order chi connectivity index (χ1) is 9.57. The Morgan fingerprint density at radius 3 is 2.52 bits per heavy atom. The summed E-state index contributed by atoms with van der Waals surface area (Å²) in [5.74, 6) is -0.804. The van der Waals surface area contributed by atoms with Gasteiger partial charge in [-0.15, -0.1) is 0 Å². The molecular weight excluding hydrogens is 290 g/mol. The number of aryl methyl sites for hydroxylation is 1. The van der Waals surface area contributed by atoms with E-state index < -0.39 is 16.0 Å². The number of hydrogen-bond donors (Lipinski definition) is 2. The van der Waals surface area contributed by atoms with Crippen molar-refractivity contribution in [3.8, 4) is 0 Å². The molecule has 0 spiro atoms. The predicted molar refractivity (Wildman–Crippen MR) is 83.9 cm³/mol. The molecule has 5 nitrogen and oxygen atoms in total. The van der Waals surface area contributed by atoms with E-state index in [-0.39, 0.29) is 17.6 Å². The number of carboxylic acids is 1. The van der Waals surface area contributed by atoms with Gasteiger partial charge in [0.05, 0.1) is 5.75 Å². The third-order valence-electron chi connectivity index (χ3n) is 2.95. The fraction of sp³-hybridized carbons (Fsp3) is 0.533. The third kappa shape index (κ3) is 7.70. The lowest BCUT2D eigenvalue weighted by atomic mass is 9.94. The lowest BCUT2D eigenvalue weighted by molar-refractivity contribution is -0.136. The number of sulfonamides is 1. The molecule has 0 aromatic heterocycles. The molecule has 1 rings (SSSR count). The standard InChI is InChI=1S/C15H23NO4S/c1-15(2,3)9-10-21(19,20)16-13-6-4-5-12(11-13)7-8-14(17)18/h4-6,11,16H,7-10H2,1-3H3,(H,17,18). The van der Waals surface area contributed by atoms with Crippen molar-refractivity contribution in [2.75, 3.05) is 10.5 Å². The number of anilines is 1. The molecule has 1 aromatic carbocycles. The molecule has 0 atom stereocenters. The Morgan fingerprint density at radius 1 is 1.29 bits per heavy atom. The number of rotatable bonds is 7. The highest BCUT2D eigenvalue weighted by atomic mass is 32.2. The quantitative estimate of drug-likeness (QED) is 0.810. The highest BCUT2D eigenvalue weighted by molar-refractivity contribution is 7.92. The Kier molecular flexibility index (Phi) is 5.78. The van der Waals surface area contributed by atoms with Crippen molar-refractivity contribution < 1.29 is 18.3 Å². The Morgan fingerprint density at radius 2 is 1.95 bits per heavy atom. The second-order valence-electron chi connectivity index (χ2n) is 6.33. The van der Waals surface area contributed by atoms with Crippen molar-refractivity contribution in [1.29, 1.82) is 0 Å². The second-order valence-corrected chi connectivity index (χ2v) is 8.17. The summed E-state index contributed by atoms with van der Waals surface area (Å²) in [4.78, 5) is 10.6. The summed E-state index contributed by atoms with van der Waals surface area (Å²) in [5, 5.41) is 8.67. The summed E-state index contributed by atoms with van der Waals surface area (Å²) in [6.07, 6.45) is 0.980. The molecule has 0 amide bonds. The maximum absolute atomic E-state index is 12.0. The van der Waals surface area contributed by atoms with Crippen LogP contribution >= 0.6 is 0 Å². The van der Waals surface area contributed by atoms with Crippen LogP contribution in [0.5, 0.6) is 0 Å². The molecule has 2 N–H and O–H groups in total. The first kappa shape index (κ1) is 17.5. The zero-order valence-electron chi connectivity index (χ0n) is 12.7. The Bertz CT molecular complexity index is 588. The van der Waals surface area contributed by atoms with Gasteiger partial charge in [-0.1, -0.05) is 32.9 Å². The van der Waals surface area contributed by atoms with Crippen LogP contribution in [0, 0.1) is 5.41 Å². The first-order valence-corrected chi connectivity index (χ1v) is 8.54. The van der Waals surface area contributed by atoms with Crippen LogP contribution in [0.4, 0.5) is 5.69 Å². The maximum atomic E-state index is 12.0. The summed E-state index contributed by atoms with van der Waals surface area (Å²) >= 11 is 0. The molecule has 0 aliphatic heterocycles. The van der Waals surface area contributed by atoms with Gasteiger partial charge in [-0.2, -0.15) is 0 Å². The Hall–Kier alpha value is -1.56. The van der Waals surface area contributed by atoms with E-state index in [4.69, 9.17) is 5.11 Å². The predicted octanol–water partition coefficient (Wildman–Crippen LogP) is 2.88. The third-order valence-corrected chi connectivity index (χ3v) is 4.24. The Balaban J connectivity index is 2.69. The minimum absolute atomic E-state index is 0.0280. The molecule has 1 aromatic rings. The fourth-order valence-corrected chi connectivity index (χ4v) is 3.18. The topological polar surface area (TPSA) is 83.5 Å². The molecule has 0 heterocycles. The molecule has 0 fully saturated rings. The van der Waals surface area contributed by atoms with Crippen LogP contribution in [0.2, 0.25) is 0 Å². The molecule has 0 bridgehead atoms. The molecule has 0 aliphatic carbocycles. The van der Waals surface area contributed by atoms with Gasteiger partial charge in [0.15, 0.2) is 0 Å². The van der Waals surface area contributed by atoms with Crippen LogP contribution in [0.25, 0.3) is 0 Å². The zero-order chi connectivity index (χ0) is 16.1. The summed E-state index contributed by atoms with van der Waals surface area (Å²) < 4.78 is 26.6. The van der Waals surface area contributed by atoms with E-state index in [0.29, 0.717) is 18.5 Å². The van der Waals surface area contributed by atoms with E-state index in [1.54, 1.807) is 24.3 Å². The van der Waals surface area contributed by atoms with Gasteiger partial charge < -0.3 is 5.11 Å². The van der Waals surface area contributed by atoms with Crippen LogP contribution < -0.4 is 4.72 Å². The number of benzene rings is 1. The molecule has 0 saturated carbocycles. The van der Waals surface area contributed by atoms with Gasteiger partial charge in [-0.3, -0.25) is 9.52 Å². The van der Waals surface area contributed by atoms with Crippen molar-refractivity contribution in [3.63, 3.8) is 0 Å². The number of carboxylic acid groups (broad SMARTS) is 1. The molecule has 6 heteroatoms. The molecule has 0 radical (unpaired) electrons. The summed E-state index contributed by atoms with van der Waals surface area (Å²) in [5.41, 5.74) is 1.23. The van der Waals surface area contributed by atoms with Crippen LogP contribution in [0.3, 0.4) is 0 Å². The largest absolute Gasteiger partial charge is 0.481 e. The van der Waals surface area contributed by atoms with Crippen molar-refractivity contribution in [1.82, 2.24) is 0 Å². The average Bonchev–Trinajstić information content (AvgIpc) is 2.33. The highest BCUT2D eigenvalue weighted by Crippen LogP contribution is 2.20. The normalized spacial score (nSPS) is 12.1. The number of nitrogens with one attached hydrogen (secondary N) is 1. The van der Waals surface area contributed by atoms with E-state index >= 15 is 0 Å². The average molecular weight is 313 g/mol. The highest BCUT2D eigenvalue weighted by Gasteiger charge is 2.17. The molecule has 0 saturated heterocycles. The van der Waals surface area contributed by atoms with Gasteiger partial charge in [0, 0.05) is 12.1 Å². The van der Waals surface area contributed by atoms with E-state index in [9.17, 15) is 13.2 Å². The van der Waals surface area contributed by atoms with Crippen LogP contribution in [-0.2, 0) is 21.2 Å². The second kappa shape index (κ2) is 6.93. The van der Waals surface area contributed by atoms with Gasteiger partial charge in [-0.05, 0) is 36.0 Å². The lowest BCUT2D eigenvalue weighted by Gasteiger charge is -2.18. The summed E-state index contributed by atoms with van der Waals surface area (Å²) in [7, 11) is -3.38. The van der Waals surface area contributed by atoms with Crippen LogP contribution in [0.15, 0.2) is 24.3 Å². The zero-order valence-corrected chi connectivity index (χ0v) is 13.5. The number of carbonyl (C=O) groups is 1.